The van der Waals surface area contributed by atoms with E-state index in [0.717, 1.165) is 53.8 Å². The molecule has 0 radical (unpaired) electrons. The molecule has 0 bridgehead atoms. The fraction of sp³-hybridized carbons (Fsp3) is 0.381. The topological polar surface area (TPSA) is 41.6 Å². The fourth-order valence-corrected chi connectivity index (χ4v) is 4.05. The number of halogens is 3. The SMILES string of the molecule is O=C1CCCN1CCCNCc1cc(Br)ccc1OCc1ccc(Cl)cc1Cl. The van der Waals surface area contributed by atoms with Crippen LogP contribution in [-0.2, 0) is 17.9 Å². The van der Waals surface area contributed by atoms with Crippen molar-refractivity contribution in [1.82, 2.24) is 10.2 Å². The molecule has 0 unspecified atom stereocenters. The van der Waals surface area contributed by atoms with Crippen LogP contribution in [0.3, 0.4) is 0 Å². The molecule has 2 aromatic rings. The third-order valence-electron chi connectivity index (χ3n) is 4.69. The highest BCUT2D eigenvalue weighted by atomic mass is 79.9. The minimum absolute atomic E-state index is 0.281. The zero-order chi connectivity index (χ0) is 19.9. The summed E-state index contributed by atoms with van der Waals surface area (Å²) >= 11 is 15.7. The number of nitrogens with one attached hydrogen (secondary N) is 1. The Hall–Kier alpha value is -1.27. The normalized spacial score (nSPS) is 14.0. The van der Waals surface area contributed by atoms with Gasteiger partial charge in [-0.3, -0.25) is 4.79 Å². The van der Waals surface area contributed by atoms with Crippen LogP contribution in [0.25, 0.3) is 0 Å². The van der Waals surface area contributed by atoms with Crippen molar-refractivity contribution >= 4 is 45.0 Å². The first kappa shape index (κ1) is 21.4. The van der Waals surface area contributed by atoms with Gasteiger partial charge in [0.1, 0.15) is 12.4 Å². The Kier molecular flexibility index (Phi) is 8.03. The number of carbonyl (C=O) groups excluding carboxylic acids is 1. The molecular formula is C21H23BrCl2N2O2. The number of rotatable bonds is 9. The van der Waals surface area contributed by atoms with Crippen LogP contribution in [-0.4, -0.2) is 30.4 Å². The van der Waals surface area contributed by atoms with E-state index in [9.17, 15) is 4.79 Å². The number of ether oxygens (including phenoxy) is 1. The van der Waals surface area contributed by atoms with Gasteiger partial charge in [0.15, 0.2) is 0 Å². The van der Waals surface area contributed by atoms with Gasteiger partial charge in [0.05, 0.1) is 0 Å². The molecule has 2 aromatic carbocycles. The van der Waals surface area contributed by atoms with Gasteiger partial charge in [-0.1, -0.05) is 45.2 Å². The van der Waals surface area contributed by atoms with Gasteiger partial charge in [0.2, 0.25) is 5.91 Å². The maximum absolute atomic E-state index is 11.6. The van der Waals surface area contributed by atoms with E-state index in [1.165, 1.54) is 0 Å². The highest BCUT2D eigenvalue weighted by Gasteiger charge is 2.18. The highest BCUT2D eigenvalue weighted by Crippen LogP contribution is 2.26. The van der Waals surface area contributed by atoms with Crippen molar-refractivity contribution in [2.24, 2.45) is 0 Å². The van der Waals surface area contributed by atoms with E-state index in [4.69, 9.17) is 27.9 Å². The molecule has 1 saturated heterocycles. The molecule has 1 N–H and O–H groups in total. The van der Waals surface area contributed by atoms with Gasteiger partial charge < -0.3 is 15.0 Å². The average molecular weight is 486 g/mol. The standard InChI is InChI=1S/C21H23BrCl2N2O2/c22-17-5-7-20(28-14-15-4-6-18(23)12-19(15)24)16(11-17)13-25-8-2-10-26-9-1-3-21(26)27/h4-7,11-12,25H,1-3,8-10,13-14H2. The maximum Gasteiger partial charge on any atom is 0.222 e. The number of likely N-dealkylation sites (tertiary alicyclic amines) is 1. The second kappa shape index (κ2) is 10.5. The molecule has 28 heavy (non-hydrogen) atoms. The van der Waals surface area contributed by atoms with Crippen molar-refractivity contribution in [1.29, 1.82) is 0 Å². The van der Waals surface area contributed by atoms with E-state index in [1.54, 1.807) is 12.1 Å². The van der Waals surface area contributed by atoms with Crippen LogP contribution < -0.4 is 10.1 Å². The lowest BCUT2D eigenvalue weighted by atomic mass is 10.2. The van der Waals surface area contributed by atoms with E-state index in [1.807, 2.05) is 23.1 Å². The molecule has 0 aromatic heterocycles. The molecule has 0 saturated carbocycles. The lowest BCUT2D eigenvalue weighted by Gasteiger charge is -2.16. The molecule has 1 amide bonds. The Labute approximate surface area is 184 Å². The second-order valence-electron chi connectivity index (χ2n) is 6.79. The Morgan fingerprint density at radius 1 is 1.14 bits per heavy atom. The molecular weight excluding hydrogens is 463 g/mol. The smallest absolute Gasteiger partial charge is 0.222 e. The van der Waals surface area contributed by atoms with Gasteiger partial charge in [-0.25, -0.2) is 0 Å². The summed E-state index contributed by atoms with van der Waals surface area (Å²) in [6, 6.07) is 11.4. The second-order valence-corrected chi connectivity index (χ2v) is 8.55. The number of hydrogen-bond acceptors (Lipinski definition) is 3. The van der Waals surface area contributed by atoms with Crippen LogP contribution in [0.4, 0.5) is 0 Å². The van der Waals surface area contributed by atoms with E-state index in [-0.39, 0.29) is 5.91 Å². The van der Waals surface area contributed by atoms with Gasteiger partial charge in [-0.05, 0) is 49.7 Å². The zero-order valence-corrected chi connectivity index (χ0v) is 18.6. The first-order chi connectivity index (χ1) is 13.5. The summed E-state index contributed by atoms with van der Waals surface area (Å²) in [5.74, 6) is 1.10. The van der Waals surface area contributed by atoms with Gasteiger partial charge >= 0.3 is 0 Å². The molecule has 150 valence electrons. The fourth-order valence-electron chi connectivity index (χ4n) is 3.18. The minimum Gasteiger partial charge on any atom is -0.489 e. The van der Waals surface area contributed by atoms with Gasteiger partial charge in [-0.2, -0.15) is 0 Å². The predicted octanol–water partition coefficient (Wildman–Crippen LogP) is 5.44. The number of benzene rings is 2. The van der Waals surface area contributed by atoms with Gasteiger partial charge in [-0.15, -0.1) is 0 Å². The molecule has 1 aliphatic heterocycles. The van der Waals surface area contributed by atoms with Crippen LogP contribution in [0, 0.1) is 0 Å². The summed E-state index contributed by atoms with van der Waals surface area (Å²) < 4.78 is 7.01. The van der Waals surface area contributed by atoms with Crippen molar-refractivity contribution in [3.63, 3.8) is 0 Å². The molecule has 4 nitrogen and oxygen atoms in total. The predicted molar refractivity (Wildman–Crippen MR) is 117 cm³/mol. The van der Waals surface area contributed by atoms with Crippen LogP contribution in [0.5, 0.6) is 5.75 Å². The summed E-state index contributed by atoms with van der Waals surface area (Å²) in [7, 11) is 0. The van der Waals surface area contributed by atoms with E-state index >= 15 is 0 Å². The maximum atomic E-state index is 11.6. The summed E-state index contributed by atoms with van der Waals surface area (Å²) in [6.07, 6.45) is 2.63. The van der Waals surface area contributed by atoms with Crippen molar-refractivity contribution < 1.29 is 9.53 Å². The molecule has 0 spiro atoms. The zero-order valence-electron chi connectivity index (χ0n) is 15.5. The lowest BCUT2D eigenvalue weighted by Crippen LogP contribution is -2.28. The van der Waals surface area contributed by atoms with E-state index in [0.29, 0.717) is 29.6 Å². The van der Waals surface area contributed by atoms with Crippen molar-refractivity contribution in [3.8, 4) is 5.75 Å². The van der Waals surface area contributed by atoms with Crippen molar-refractivity contribution in [2.75, 3.05) is 19.6 Å². The van der Waals surface area contributed by atoms with Gasteiger partial charge in [0, 0.05) is 51.7 Å². The molecule has 0 atom stereocenters. The molecule has 1 fully saturated rings. The largest absolute Gasteiger partial charge is 0.489 e. The first-order valence-corrected chi connectivity index (χ1v) is 10.9. The molecule has 7 heteroatoms. The Morgan fingerprint density at radius 2 is 2.00 bits per heavy atom. The number of nitrogens with zero attached hydrogens (tertiary/aromatic N) is 1. The summed E-state index contributed by atoms with van der Waals surface area (Å²) in [5.41, 5.74) is 1.96. The highest BCUT2D eigenvalue weighted by molar-refractivity contribution is 9.10. The van der Waals surface area contributed by atoms with Crippen molar-refractivity contribution in [2.45, 2.75) is 32.4 Å². The average Bonchev–Trinajstić information content (AvgIpc) is 3.07. The third-order valence-corrected chi connectivity index (χ3v) is 5.77. The van der Waals surface area contributed by atoms with Crippen LogP contribution in [0.15, 0.2) is 40.9 Å². The van der Waals surface area contributed by atoms with Crippen LogP contribution >= 0.6 is 39.1 Å². The van der Waals surface area contributed by atoms with Crippen LogP contribution in [0.2, 0.25) is 10.0 Å². The molecule has 0 aliphatic carbocycles. The third kappa shape index (κ3) is 6.11. The van der Waals surface area contributed by atoms with Crippen molar-refractivity contribution in [3.05, 3.63) is 62.0 Å². The summed E-state index contributed by atoms with van der Waals surface area (Å²) in [5, 5.41) is 4.65. The lowest BCUT2D eigenvalue weighted by molar-refractivity contribution is -0.127. The number of hydrogen-bond donors (Lipinski definition) is 1. The number of amides is 1. The molecule has 3 rings (SSSR count). The summed E-state index contributed by atoms with van der Waals surface area (Å²) in [4.78, 5) is 13.6. The number of carbonyl (C=O) groups is 1. The Balaban J connectivity index is 1.51. The summed E-state index contributed by atoms with van der Waals surface area (Å²) in [6.45, 7) is 3.63. The first-order valence-electron chi connectivity index (χ1n) is 9.36. The molecule has 1 heterocycles. The Bertz CT molecular complexity index is 832. The quantitative estimate of drug-likeness (QED) is 0.481. The monoisotopic (exact) mass is 484 g/mol. The van der Waals surface area contributed by atoms with E-state index < -0.39 is 0 Å². The van der Waals surface area contributed by atoms with Gasteiger partial charge in [0.25, 0.3) is 0 Å². The minimum atomic E-state index is 0.281. The van der Waals surface area contributed by atoms with Crippen LogP contribution in [0.1, 0.15) is 30.4 Å². The Morgan fingerprint density at radius 3 is 2.75 bits per heavy atom. The molecule has 1 aliphatic rings. The van der Waals surface area contributed by atoms with E-state index in [2.05, 4.69) is 27.3 Å².